The topological polar surface area (TPSA) is 93.4 Å². The van der Waals surface area contributed by atoms with Gasteiger partial charge in [-0.05, 0) is 35.4 Å². The van der Waals surface area contributed by atoms with Gasteiger partial charge in [-0.3, -0.25) is 9.59 Å². The molecule has 0 aliphatic carbocycles. The van der Waals surface area contributed by atoms with E-state index < -0.39 is 12.1 Å². The Labute approximate surface area is 168 Å². The average Bonchev–Trinajstić information content (AvgIpc) is 3.10. The van der Waals surface area contributed by atoms with Crippen LogP contribution in [0.25, 0.3) is 0 Å². The van der Waals surface area contributed by atoms with E-state index in [2.05, 4.69) is 5.32 Å². The van der Waals surface area contributed by atoms with E-state index in [4.69, 9.17) is 16.9 Å². The zero-order chi connectivity index (χ0) is 20.1. The fourth-order valence-electron chi connectivity index (χ4n) is 3.22. The van der Waals surface area contributed by atoms with Crippen LogP contribution in [0.5, 0.6) is 0 Å². The number of carbonyl (C=O) groups excluding carboxylic acids is 2. The van der Waals surface area contributed by atoms with Crippen LogP contribution in [-0.4, -0.2) is 40.5 Å². The first-order valence-corrected chi connectivity index (χ1v) is 9.33. The lowest BCUT2D eigenvalue weighted by atomic mass is 10.1. The van der Waals surface area contributed by atoms with E-state index in [0.29, 0.717) is 17.1 Å². The van der Waals surface area contributed by atoms with E-state index in [9.17, 15) is 14.7 Å². The molecule has 28 heavy (non-hydrogen) atoms. The number of likely N-dealkylation sites (tertiary alicyclic amines) is 1. The third-order valence-electron chi connectivity index (χ3n) is 4.72. The van der Waals surface area contributed by atoms with Gasteiger partial charge in [-0.25, -0.2) is 0 Å². The lowest BCUT2D eigenvalue weighted by Gasteiger charge is -2.24. The van der Waals surface area contributed by atoms with Crippen molar-refractivity contribution in [1.82, 2.24) is 10.2 Å². The van der Waals surface area contributed by atoms with Crippen molar-refractivity contribution in [2.24, 2.45) is 0 Å². The molecule has 3 rings (SSSR count). The number of benzene rings is 2. The van der Waals surface area contributed by atoms with Crippen molar-refractivity contribution in [3.05, 3.63) is 70.2 Å². The Morgan fingerprint density at radius 1 is 1.14 bits per heavy atom. The van der Waals surface area contributed by atoms with Crippen LogP contribution in [0.1, 0.15) is 23.1 Å². The van der Waals surface area contributed by atoms with Crippen molar-refractivity contribution < 1.29 is 14.7 Å². The van der Waals surface area contributed by atoms with Gasteiger partial charge in [0.2, 0.25) is 11.8 Å². The Hall–Kier alpha value is -2.88. The molecule has 1 aliphatic heterocycles. The maximum absolute atomic E-state index is 12.7. The van der Waals surface area contributed by atoms with Crippen molar-refractivity contribution in [3.8, 4) is 6.07 Å². The van der Waals surface area contributed by atoms with Gasteiger partial charge in [-0.15, -0.1) is 0 Å². The number of rotatable bonds is 5. The normalized spacial score (nSPS) is 18.5. The molecular formula is C21H20ClN3O3. The lowest BCUT2D eigenvalue weighted by Crippen LogP contribution is -2.46. The smallest absolute Gasteiger partial charge is 0.243 e. The monoisotopic (exact) mass is 397 g/mol. The number of carbonyl (C=O) groups is 2. The standard InChI is InChI=1S/C21H20ClN3O3/c22-17-7-5-16(6-8-17)12-24-21(28)19-10-18(26)13-25(19)20(27)9-14-1-3-15(11-23)4-2-14/h1-8,18-19,26H,9-10,12-13H2,(H,24,28)/t18-,19+/m1/s1. The highest BCUT2D eigenvalue weighted by Crippen LogP contribution is 2.20. The molecule has 2 atom stereocenters. The molecule has 2 aromatic carbocycles. The van der Waals surface area contributed by atoms with Crippen molar-refractivity contribution >= 4 is 23.4 Å². The number of hydrogen-bond donors (Lipinski definition) is 2. The Balaban J connectivity index is 1.62. The minimum absolute atomic E-state index is 0.111. The molecule has 0 bridgehead atoms. The van der Waals surface area contributed by atoms with E-state index in [1.165, 1.54) is 4.90 Å². The molecule has 0 aromatic heterocycles. The van der Waals surface area contributed by atoms with Crippen LogP contribution >= 0.6 is 11.6 Å². The van der Waals surface area contributed by atoms with Gasteiger partial charge >= 0.3 is 0 Å². The van der Waals surface area contributed by atoms with Gasteiger partial charge in [0.25, 0.3) is 0 Å². The fourth-order valence-corrected chi connectivity index (χ4v) is 3.35. The summed E-state index contributed by atoms with van der Waals surface area (Å²) < 4.78 is 0. The first kappa shape index (κ1) is 19.9. The Kier molecular flexibility index (Phi) is 6.30. The summed E-state index contributed by atoms with van der Waals surface area (Å²) in [5.41, 5.74) is 2.17. The number of aliphatic hydroxyl groups is 1. The number of halogens is 1. The number of aliphatic hydroxyl groups excluding tert-OH is 1. The predicted octanol–water partition coefficient (Wildman–Crippen LogP) is 2.03. The maximum atomic E-state index is 12.7. The highest BCUT2D eigenvalue weighted by Gasteiger charge is 2.38. The highest BCUT2D eigenvalue weighted by atomic mass is 35.5. The molecule has 6 nitrogen and oxygen atoms in total. The summed E-state index contributed by atoms with van der Waals surface area (Å²) in [5, 5.41) is 22.3. The van der Waals surface area contributed by atoms with E-state index >= 15 is 0 Å². The van der Waals surface area contributed by atoms with Crippen molar-refractivity contribution in [2.45, 2.75) is 31.5 Å². The van der Waals surface area contributed by atoms with Gasteiger partial charge in [0.15, 0.2) is 0 Å². The number of amides is 2. The number of nitriles is 1. The molecule has 2 N–H and O–H groups in total. The first-order chi connectivity index (χ1) is 13.5. The molecule has 1 saturated heterocycles. The van der Waals surface area contributed by atoms with Gasteiger partial charge in [0, 0.05) is 24.5 Å². The number of nitrogens with zero attached hydrogens (tertiary/aromatic N) is 2. The maximum Gasteiger partial charge on any atom is 0.243 e. The van der Waals surface area contributed by atoms with E-state index in [0.717, 1.165) is 11.1 Å². The number of β-amino-alcohol motifs (C(OH)–C–C–N with tert-alkyl or cyclic N) is 1. The van der Waals surface area contributed by atoms with Crippen LogP contribution in [0.4, 0.5) is 0 Å². The van der Waals surface area contributed by atoms with Crippen molar-refractivity contribution in [1.29, 1.82) is 5.26 Å². The molecule has 0 saturated carbocycles. The highest BCUT2D eigenvalue weighted by molar-refractivity contribution is 6.30. The van der Waals surface area contributed by atoms with Gasteiger partial charge in [0.05, 0.1) is 24.2 Å². The van der Waals surface area contributed by atoms with Gasteiger partial charge < -0.3 is 15.3 Å². The summed E-state index contributed by atoms with van der Waals surface area (Å²) in [5.74, 6) is -0.521. The molecule has 2 amide bonds. The van der Waals surface area contributed by atoms with Gasteiger partial charge in [-0.2, -0.15) is 5.26 Å². The molecular weight excluding hydrogens is 378 g/mol. The number of hydrogen-bond acceptors (Lipinski definition) is 4. The molecule has 0 spiro atoms. The summed E-state index contributed by atoms with van der Waals surface area (Å²) >= 11 is 5.86. The first-order valence-electron chi connectivity index (χ1n) is 8.95. The summed E-state index contributed by atoms with van der Waals surface area (Å²) in [6, 6.07) is 15.2. The quantitative estimate of drug-likeness (QED) is 0.807. The van der Waals surface area contributed by atoms with Crippen LogP contribution in [0.2, 0.25) is 5.02 Å². The molecule has 2 aromatic rings. The summed E-state index contributed by atoms with van der Waals surface area (Å²) in [6.45, 7) is 0.453. The van der Waals surface area contributed by atoms with E-state index in [-0.39, 0.29) is 31.2 Å². The average molecular weight is 398 g/mol. The SMILES string of the molecule is N#Cc1ccc(CC(=O)N2C[C@H](O)C[C@H]2C(=O)NCc2ccc(Cl)cc2)cc1. The van der Waals surface area contributed by atoms with E-state index in [1.807, 2.05) is 18.2 Å². The molecule has 1 fully saturated rings. The molecule has 0 unspecified atom stereocenters. The second kappa shape index (κ2) is 8.87. The fraction of sp³-hybridized carbons (Fsp3) is 0.286. The molecule has 1 aliphatic rings. The zero-order valence-electron chi connectivity index (χ0n) is 15.1. The van der Waals surface area contributed by atoms with Crippen LogP contribution in [0, 0.1) is 11.3 Å². The van der Waals surface area contributed by atoms with Crippen LogP contribution in [0.3, 0.4) is 0 Å². The zero-order valence-corrected chi connectivity index (χ0v) is 15.9. The summed E-state index contributed by atoms with van der Waals surface area (Å²) in [6.07, 6.45) is -0.401. The predicted molar refractivity (Wildman–Crippen MR) is 104 cm³/mol. The largest absolute Gasteiger partial charge is 0.391 e. The number of nitrogens with one attached hydrogen (secondary N) is 1. The van der Waals surface area contributed by atoms with Crippen molar-refractivity contribution in [3.63, 3.8) is 0 Å². The second-order valence-corrected chi connectivity index (χ2v) is 7.22. The third-order valence-corrected chi connectivity index (χ3v) is 4.97. The van der Waals surface area contributed by atoms with Gasteiger partial charge in [-0.1, -0.05) is 35.9 Å². The Morgan fingerprint density at radius 2 is 1.79 bits per heavy atom. The summed E-state index contributed by atoms with van der Waals surface area (Å²) in [7, 11) is 0. The lowest BCUT2D eigenvalue weighted by molar-refractivity contribution is -0.138. The van der Waals surface area contributed by atoms with Gasteiger partial charge in [0.1, 0.15) is 6.04 Å². The van der Waals surface area contributed by atoms with Crippen LogP contribution in [0.15, 0.2) is 48.5 Å². The molecule has 144 valence electrons. The summed E-state index contributed by atoms with van der Waals surface area (Å²) in [4.78, 5) is 26.7. The minimum atomic E-state index is -0.726. The molecule has 7 heteroatoms. The third kappa shape index (κ3) is 4.89. The Bertz CT molecular complexity index is 891. The molecule has 0 radical (unpaired) electrons. The Morgan fingerprint density at radius 3 is 2.43 bits per heavy atom. The van der Waals surface area contributed by atoms with Crippen molar-refractivity contribution in [2.75, 3.05) is 6.54 Å². The second-order valence-electron chi connectivity index (χ2n) is 6.78. The van der Waals surface area contributed by atoms with Crippen LogP contribution in [-0.2, 0) is 22.6 Å². The minimum Gasteiger partial charge on any atom is -0.391 e. The van der Waals surface area contributed by atoms with Crippen LogP contribution < -0.4 is 5.32 Å². The van der Waals surface area contributed by atoms with E-state index in [1.54, 1.807) is 36.4 Å². The molecule has 1 heterocycles.